The third-order valence-electron chi connectivity index (χ3n) is 4.08. The maximum absolute atomic E-state index is 12.4. The van der Waals surface area contributed by atoms with E-state index in [1.807, 2.05) is 42.6 Å². The molecule has 1 aliphatic heterocycles. The summed E-state index contributed by atoms with van der Waals surface area (Å²) in [5.74, 6) is 0.524. The van der Waals surface area contributed by atoms with Crippen LogP contribution < -0.4 is 10.1 Å². The van der Waals surface area contributed by atoms with Crippen LogP contribution in [0.2, 0.25) is 5.02 Å². The minimum absolute atomic E-state index is 0.188. The Kier molecular flexibility index (Phi) is 4.15. The van der Waals surface area contributed by atoms with Gasteiger partial charge in [-0.1, -0.05) is 41.9 Å². The molecule has 0 radical (unpaired) electrons. The van der Waals surface area contributed by atoms with E-state index in [0.717, 1.165) is 11.1 Å². The van der Waals surface area contributed by atoms with Gasteiger partial charge in [-0.3, -0.25) is 9.48 Å². The quantitative estimate of drug-likeness (QED) is 0.780. The van der Waals surface area contributed by atoms with Crippen LogP contribution in [0.5, 0.6) is 5.75 Å². The molecule has 1 atom stereocenters. The van der Waals surface area contributed by atoms with Crippen molar-refractivity contribution in [2.45, 2.75) is 19.1 Å². The molecule has 126 valence electrons. The number of rotatable bonds is 4. The van der Waals surface area contributed by atoms with Gasteiger partial charge in [-0.2, -0.15) is 5.10 Å². The summed E-state index contributed by atoms with van der Waals surface area (Å²) in [6.45, 7) is 0.653. The largest absolute Gasteiger partial charge is 0.480 e. The van der Waals surface area contributed by atoms with Crippen LogP contribution in [0, 0.1) is 0 Å². The van der Waals surface area contributed by atoms with E-state index < -0.39 is 6.10 Å². The number of ether oxygens (including phenoxy) is 1. The molecule has 1 N–H and O–H groups in total. The van der Waals surface area contributed by atoms with Gasteiger partial charge in [0.25, 0.3) is 5.91 Å². The summed E-state index contributed by atoms with van der Waals surface area (Å²) >= 11 is 5.98. The summed E-state index contributed by atoms with van der Waals surface area (Å²) in [7, 11) is 0. The van der Waals surface area contributed by atoms with E-state index in [-0.39, 0.29) is 5.91 Å². The molecule has 2 aromatic carbocycles. The third-order valence-corrected chi connectivity index (χ3v) is 4.31. The summed E-state index contributed by atoms with van der Waals surface area (Å²) in [6.07, 6.45) is 3.41. The molecule has 25 heavy (non-hydrogen) atoms. The number of nitrogens with one attached hydrogen (secondary N) is 1. The monoisotopic (exact) mass is 353 g/mol. The van der Waals surface area contributed by atoms with Crippen LogP contribution in [0.4, 0.5) is 5.69 Å². The highest BCUT2D eigenvalue weighted by molar-refractivity contribution is 6.30. The maximum Gasteiger partial charge on any atom is 0.265 e. The van der Waals surface area contributed by atoms with Crippen molar-refractivity contribution in [2.75, 3.05) is 5.32 Å². The average Bonchev–Trinajstić information content (AvgIpc) is 3.22. The predicted molar refractivity (Wildman–Crippen MR) is 96.0 cm³/mol. The van der Waals surface area contributed by atoms with Crippen molar-refractivity contribution in [1.82, 2.24) is 9.78 Å². The first-order valence-corrected chi connectivity index (χ1v) is 8.37. The molecule has 0 spiro atoms. The van der Waals surface area contributed by atoms with E-state index in [2.05, 4.69) is 10.4 Å². The lowest BCUT2D eigenvalue weighted by Gasteiger charge is -2.09. The Bertz CT molecular complexity index is 908. The SMILES string of the molecule is O=C(Nc1cnn(Cc2ccccc2)c1)C1Cc2cc(Cl)ccc2O1. The van der Waals surface area contributed by atoms with Crippen molar-refractivity contribution in [3.63, 3.8) is 0 Å². The highest BCUT2D eigenvalue weighted by Gasteiger charge is 2.29. The van der Waals surface area contributed by atoms with Gasteiger partial charge >= 0.3 is 0 Å². The highest BCUT2D eigenvalue weighted by atomic mass is 35.5. The Morgan fingerprint density at radius 1 is 1.28 bits per heavy atom. The van der Waals surface area contributed by atoms with E-state index in [1.54, 1.807) is 23.0 Å². The zero-order valence-electron chi connectivity index (χ0n) is 13.4. The van der Waals surface area contributed by atoms with Crippen LogP contribution >= 0.6 is 11.6 Å². The minimum atomic E-state index is -0.550. The average molecular weight is 354 g/mol. The number of anilines is 1. The van der Waals surface area contributed by atoms with Gasteiger partial charge in [-0.25, -0.2) is 0 Å². The van der Waals surface area contributed by atoms with Gasteiger partial charge in [-0.05, 0) is 29.3 Å². The Morgan fingerprint density at radius 3 is 2.96 bits per heavy atom. The number of carbonyl (C=O) groups is 1. The molecular weight excluding hydrogens is 338 g/mol. The van der Waals surface area contributed by atoms with Crippen LogP contribution in [-0.4, -0.2) is 21.8 Å². The van der Waals surface area contributed by atoms with Crippen molar-refractivity contribution < 1.29 is 9.53 Å². The molecular formula is C19H16ClN3O2. The number of hydrogen-bond acceptors (Lipinski definition) is 3. The number of aromatic nitrogens is 2. The first-order chi connectivity index (χ1) is 12.2. The molecule has 0 fully saturated rings. The molecule has 1 unspecified atom stereocenters. The molecule has 0 saturated carbocycles. The Balaban J connectivity index is 1.39. The second-order valence-corrected chi connectivity index (χ2v) is 6.40. The molecule has 2 heterocycles. The number of fused-ring (bicyclic) bond motifs is 1. The van der Waals surface area contributed by atoms with Crippen molar-refractivity contribution >= 4 is 23.2 Å². The topological polar surface area (TPSA) is 56.2 Å². The van der Waals surface area contributed by atoms with E-state index >= 15 is 0 Å². The van der Waals surface area contributed by atoms with Gasteiger partial charge < -0.3 is 10.1 Å². The zero-order valence-corrected chi connectivity index (χ0v) is 14.1. The van der Waals surface area contributed by atoms with Gasteiger partial charge in [0.1, 0.15) is 5.75 Å². The Morgan fingerprint density at radius 2 is 2.12 bits per heavy atom. The van der Waals surface area contributed by atoms with Crippen LogP contribution in [0.25, 0.3) is 0 Å². The first kappa shape index (κ1) is 15.7. The number of halogens is 1. The fourth-order valence-corrected chi connectivity index (χ4v) is 3.07. The third kappa shape index (κ3) is 3.51. The molecule has 0 aliphatic carbocycles. The predicted octanol–water partition coefficient (Wildman–Crippen LogP) is 3.53. The first-order valence-electron chi connectivity index (χ1n) is 8.00. The molecule has 1 amide bonds. The molecule has 4 rings (SSSR count). The van der Waals surface area contributed by atoms with Gasteiger partial charge in [0.05, 0.1) is 18.4 Å². The second kappa shape index (κ2) is 6.61. The summed E-state index contributed by atoms with van der Waals surface area (Å²) in [5, 5.41) is 7.79. The van der Waals surface area contributed by atoms with Crippen LogP contribution in [0.1, 0.15) is 11.1 Å². The van der Waals surface area contributed by atoms with Gasteiger partial charge in [-0.15, -0.1) is 0 Å². The zero-order chi connectivity index (χ0) is 17.2. The van der Waals surface area contributed by atoms with Crippen molar-refractivity contribution in [1.29, 1.82) is 0 Å². The Labute approximate surface area is 150 Å². The number of hydrogen-bond donors (Lipinski definition) is 1. The molecule has 0 bridgehead atoms. The van der Waals surface area contributed by atoms with Gasteiger partial charge in [0.2, 0.25) is 0 Å². The second-order valence-electron chi connectivity index (χ2n) is 5.96. The van der Waals surface area contributed by atoms with Crippen molar-refractivity contribution in [3.05, 3.63) is 77.1 Å². The fraction of sp³-hybridized carbons (Fsp3) is 0.158. The van der Waals surface area contributed by atoms with Crippen molar-refractivity contribution in [2.24, 2.45) is 0 Å². The van der Waals surface area contributed by atoms with E-state index in [1.165, 1.54) is 0 Å². The Hall–Kier alpha value is -2.79. The number of carbonyl (C=O) groups excluding carboxylic acids is 1. The highest BCUT2D eigenvalue weighted by Crippen LogP contribution is 2.31. The smallest absolute Gasteiger partial charge is 0.265 e. The van der Waals surface area contributed by atoms with Crippen LogP contribution in [0.15, 0.2) is 60.9 Å². The molecule has 0 saturated heterocycles. The lowest BCUT2D eigenvalue weighted by molar-refractivity contribution is -0.122. The maximum atomic E-state index is 12.4. The van der Waals surface area contributed by atoms with Crippen molar-refractivity contribution in [3.8, 4) is 5.75 Å². The van der Waals surface area contributed by atoms with E-state index in [0.29, 0.717) is 29.4 Å². The molecule has 3 aromatic rings. The number of benzene rings is 2. The van der Waals surface area contributed by atoms with Crippen LogP contribution in [0.3, 0.4) is 0 Å². The summed E-state index contributed by atoms with van der Waals surface area (Å²) in [4.78, 5) is 12.4. The number of nitrogens with zero attached hydrogens (tertiary/aromatic N) is 2. The minimum Gasteiger partial charge on any atom is -0.480 e. The lowest BCUT2D eigenvalue weighted by atomic mass is 10.1. The molecule has 6 heteroatoms. The van der Waals surface area contributed by atoms with Crippen LogP contribution in [-0.2, 0) is 17.8 Å². The standard InChI is InChI=1S/C19H16ClN3O2/c20-15-6-7-17-14(8-15)9-18(25-17)19(24)22-16-10-21-23(12-16)11-13-4-2-1-3-5-13/h1-8,10,12,18H,9,11H2,(H,22,24). The van der Waals surface area contributed by atoms with Gasteiger partial charge in [0, 0.05) is 17.6 Å². The van der Waals surface area contributed by atoms with E-state index in [9.17, 15) is 4.79 Å². The normalized spacial score (nSPS) is 15.5. The van der Waals surface area contributed by atoms with E-state index in [4.69, 9.17) is 16.3 Å². The summed E-state index contributed by atoms with van der Waals surface area (Å²) in [5.41, 5.74) is 2.75. The lowest BCUT2D eigenvalue weighted by Crippen LogP contribution is -2.31. The summed E-state index contributed by atoms with van der Waals surface area (Å²) < 4.78 is 7.49. The molecule has 1 aliphatic rings. The van der Waals surface area contributed by atoms with Gasteiger partial charge in [0.15, 0.2) is 6.10 Å². The summed E-state index contributed by atoms with van der Waals surface area (Å²) in [6, 6.07) is 15.4. The molecule has 1 aromatic heterocycles. The molecule has 5 nitrogen and oxygen atoms in total. The number of amides is 1. The fourth-order valence-electron chi connectivity index (χ4n) is 2.87.